The van der Waals surface area contributed by atoms with E-state index in [2.05, 4.69) is 20.3 Å². The lowest BCUT2D eigenvalue weighted by Crippen LogP contribution is -2.23. The third-order valence-electron chi connectivity index (χ3n) is 4.60. The molecule has 0 bridgehead atoms. The Bertz CT molecular complexity index is 1460. The minimum absolute atomic E-state index is 0.00359. The molecule has 0 unspecified atom stereocenters. The number of halogens is 2. The van der Waals surface area contributed by atoms with Gasteiger partial charge in [0.05, 0.1) is 34.0 Å². The number of benzene rings is 1. The summed E-state index contributed by atoms with van der Waals surface area (Å²) >= 11 is 0. The first-order chi connectivity index (χ1) is 15.2. The van der Waals surface area contributed by atoms with E-state index in [0.29, 0.717) is 22.6 Å². The van der Waals surface area contributed by atoms with Crippen molar-refractivity contribution < 1.29 is 22.0 Å². The molecule has 0 saturated carbocycles. The number of amides is 1. The van der Waals surface area contributed by atoms with Gasteiger partial charge in [0.25, 0.3) is 5.91 Å². The van der Waals surface area contributed by atoms with Gasteiger partial charge in [0.15, 0.2) is 9.84 Å². The van der Waals surface area contributed by atoms with Crippen molar-refractivity contribution in [3.8, 4) is 11.4 Å². The second-order valence-electron chi connectivity index (χ2n) is 7.04. The van der Waals surface area contributed by atoms with Gasteiger partial charge in [-0.1, -0.05) is 6.07 Å². The summed E-state index contributed by atoms with van der Waals surface area (Å²) in [4.78, 5) is 24.7. The van der Waals surface area contributed by atoms with E-state index in [9.17, 15) is 22.0 Å². The monoisotopic (exact) mass is 454 g/mol. The highest BCUT2D eigenvalue weighted by atomic mass is 32.2. The SMILES string of the molecule is CS(=O)(=O)c1cc(F)cc(C(=O)NCc2cc3nc(-c4cccc(F)n4)ccc3cn2)c1. The molecule has 0 aliphatic heterocycles. The van der Waals surface area contributed by atoms with Gasteiger partial charge >= 0.3 is 0 Å². The van der Waals surface area contributed by atoms with Crippen molar-refractivity contribution in [2.24, 2.45) is 0 Å². The highest BCUT2D eigenvalue weighted by Crippen LogP contribution is 2.20. The van der Waals surface area contributed by atoms with Crippen LogP contribution in [0.1, 0.15) is 16.1 Å². The van der Waals surface area contributed by atoms with Crippen LogP contribution in [0.25, 0.3) is 22.3 Å². The average molecular weight is 454 g/mol. The molecule has 0 spiro atoms. The number of hydrogen-bond acceptors (Lipinski definition) is 6. The summed E-state index contributed by atoms with van der Waals surface area (Å²) in [6.45, 7) is 0.00359. The van der Waals surface area contributed by atoms with Crippen LogP contribution in [0.4, 0.5) is 8.78 Å². The maximum atomic E-state index is 13.8. The highest BCUT2D eigenvalue weighted by molar-refractivity contribution is 7.90. The molecule has 1 N–H and O–H groups in total. The highest BCUT2D eigenvalue weighted by Gasteiger charge is 2.15. The van der Waals surface area contributed by atoms with Crippen LogP contribution in [0, 0.1) is 11.8 Å². The van der Waals surface area contributed by atoms with Crippen LogP contribution in [0.5, 0.6) is 0 Å². The Kier molecular flexibility index (Phi) is 5.62. The molecule has 3 heterocycles. The van der Waals surface area contributed by atoms with Crippen molar-refractivity contribution >= 4 is 26.6 Å². The van der Waals surface area contributed by atoms with Gasteiger partial charge in [0.2, 0.25) is 5.95 Å². The molecule has 0 aliphatic rings. The largest absolute Gasteiger partial charge is 0.346 e. The van der Waals surface area contributed by atoms with Crippen molar-refractivity contribution in [1.29, 1.82) is 0 Å². The minimum atomic E-state index is -3.67. The molecule has 32 heavy (non-hydrogen) atoms. The number of carbonyl (C=O) groups is 1. The summed E-state index contributed by atoms with van der Waals surface area (Å²) < 4.78 is 50.5. The molecule has 0 fully saturated rings. The second kappa shape index (κ2) is 8.39. The van der Waals surface area contributed by atoms with Crippen LogP contribution in [0.3, 0.4) is 0 Å². The fourth-order valence-corrected chi connectivity index (χ4v) is 3.70. The van der Waals surface area contributed by atoms with Crippen molar-refractivity contribution in [3.05, 3.63) is 83.8 Å². The molecule has 7 nitrogen and oxygen atoms in total. The van der Waals surface area contributed by atoms with Crippen molar-refractivity contribution in [2.75, 3.05) is 6.26 Å². The van der Waals surface area contributed by atoms with E-state index in [1.807, 2.05) is 0 Å². The summed E-state index contributed by atoms with van der Waals surface area (Å²) in [6.07, 6.45) is 2.51. The normalized spacial score (nSPS) is 11.5. The minimum Gasteiger partial charge on any atom is -0.346 e. The van der Waals surface area contributed by atoms with Gasteiger partial charge in [-0.15, -0.1) is 0 Å². The first-order valence-corrected chi connectivity index (χ1v) is 11.3. The molecule has 0 saturated heterocycles. The van der Waals surface area contributed by atoms with E-state index >= 15 is 0 Å². The Morgan fingerprint density at radius 2 is 1.78 bits per heavy atom. The zero-order valence-corrected chi connectivity index (χ0v) is 17.5. The predicted molar refractivity (Wildman–Crippen MR) is 113 cm³/mol. The van der Waals surface area contributed by atoms with Gasteiger partial charge in [-0.2, -0.15) is 4.39 Å². The van der Waals surface area contributed by atoms with Gasteiger partial charge in [-0.3, -0.25) is 9.78 Å². The number of pyridine rings is 3. The van der Waals surface area contributed by atoms with E-state index in [0.717, 1.165) is 29.8 Å². The molecule has 0 atom stereocenters. The Labute approximate surface area is 182 Å². The van der Waals surface area contributed by atoms with Crippen LogP contribution >= 0.6 is 0 Å². The average Bonchev–Trinajstić information content (AvgIpc) is 2.76. The van der Waals surface area contributed by atoms with Crippen LogP contribution in [0.15, 0.2) is 65.7 Å². The van der Waals surface area contributed by atoms with E-state index in [-0.39, 0.29) is 17.0 Å². The van der Waals surface area contributed by atoms with Crippen LogP contribution in [0.2, 0.25) is 0 Å². The number of carbonyl (C=O) groups excluding carboxylic acids is 1. The number of sulfone groups is 1. The van der Waals surface area contributed by atoms with Gasteiger partial charge in [0, 0.05) is 23.4 Å². The molecular formula is C22H16F2N4O3S. The quantitative estimate of drug-likeness (QED) is 0.464. The lowest BCUT2D eigenvalue weighted by atomic mass is 10.2. The Morgan fingerprint density at radius 3 is 2.53 bits per heavy atom. The maximum Gasteiger partial charge on any atom is 0.251 e. The van der Waals surface area contributed by atoms with E-state index in [4.69, 9.17) is 0 Å². The molecule has 0 aliphatic carbocycles. The molecule has 0 radical (unpaired) electrons. The van der Waals surface area contributed by atoms with Crippen LogP contribution in [-0.2, 0) is 16.4 Å². The summed E-state index contributed by atoms with van der Waals surface area (Å²) in [5, 5.41) is 3.33. The first-order valence-electron chi connectivity index (χ1n) is 9.36. The van der Waals surface area contributed by atoms with Crippen LogP contribution < -0.4 is 5.32 Å². The number of hydrogen-bond donors (Lipinski definition) is 1. The van der Waals surface area contributed by atoms with Crippen molar-refractivity contribution in [2.45, 2.75) is 11.4 Å². The Balaban J connectivity index is 1.56. The third kappa shape index (κ3) is 4.75. The third-order valence-corrected chi connectivity index (χ3v) is 5.69. The van der Waals surface area contributed by atoms with Gasteiger partial charge in [-0.25, -0.2) is 22.8 Å². The first kappa shape index (κ1) is 21.4. The topological polar surface area (TPSA) is 102 Å². The molecule has 1 amide bonds. The molecule has 162 valence electrons. The molecule has 4 rings (SSSR count). The summed E-state index contributed by atoms with van der Waals surface area (Å²) in [5.74, 6) is -2.09. The van der Waals surface area contributed by atoms with Crippen molar-refractivity contribution in [1.82, 2.24) is 20.3 Å². The number of aromatic nitrogens is 3. The molecule has 3 aromatic heterocycles. The lowest BCUT2D eigenvalue weighted by molar-refractivity contribution is 0.0949. The molecule has 10 heteroatoms. The Morgan fingerprint density at radius 1 is 1.00 bits per heavy atom. The van der Waals surface area contributed by atoms with Crippen molar-refractivity contribution in [3.63, 3.8) is 0 Å². The van der Waals surface area contributed by atoms with Crippen LogP contribution in [-0.4, -0.2) is 35.5 Å². The predicted octanol–water partition coefficient (Wildman–Crippen LogP) is 3.30. The number of nitrogens with zero attached hydrogens (tertiary/aromatic N) is 3. The smallest absolute Gasteiger partial charge is 0.251 e. The summed E-state index contributed by atoms with van der Waals surface area (Å²) in [7, 11) is -3.67. The molecular weight excluding hydrogens is 438 g/mol. The standard InChI is InChI=1S/C22H16F2N4O3S/c1-32(30,31)17-8-14(7-15(23)9-17)22(29)26-12-16-10-20-13(11-25-16)5-6-19(27-20)18-3-2-4-21(24)28-18/h2-11H,12H2,1H3,(H,26,29). The Hall–Kier alpha value is -3.79. The fraction of sp³-hybridized carbons (Fsp3) is 0.0909. The van der Waals surface area contributed by atoms with Gasteiger partial charge < -0.3 is 5.32 Å². The zero-order valence-electron chi connectivity index (χ0n) is 16.7. The van der Waals surface area contributed by atoms with Gasteiger partial charge in [0.1, 0.15) is 5.82 Å². The number of fused-ring (bicyclic) bond motifs is 1. The van der Waals surface area contributed by atoms with E-state index in [1.54, 1.807) is 36.5 Å². The fourth-order valence-electron chi connectivity index (χ4n) is 3.03. The number of nitrogens with one attached hydrogen (secondary N) is 1. The zero-order chi connectivity index (χ0) is 22.9. The lowest BCUT2D eigenvalue weighted by Gasteiger charge is -2.08. The number of rotatable bonds is 5. The van der Waals surface area contributed by atoms with Gasteiger partial charge in [-0.05, 0) is 48.5 Å². The molecule has 1 aromatic carbocycles. The molecule has 4 aromatic rings. The van der Waals surface area contributed by atoms with E-state index in [1.165, 1.54) is 6.07 Å². The summed E-state index contributed by atoms with van der Waals surface area (Å²) in [5.41, 5.74) is 1.78. The summed E-state index contributed by atoms with van der Waals surface area (Å²) in [6, 6.07) is 12.5. The van der Waals surface area contributed by atoms with E-state index < -0.39 is 27.5 Å². The second-order valence-corrected chi connectivity index (χ2v) is 9.06. The maximum absolute atomic E-state index is 13.8.